The Hall–Kier alpha value is -1.79. The summed E-state index contributed by atoms with van der Waals surface area (Å²) >= 11 is 0. The molecule has 2 atom stereocenters. The first-order valence-electron chi connectivity index (χ1n) is 6.19. The van der Waals surface area contributed by atoms with Crippen LogP contribution in [0.5, 0.6) is 0 Å². The number of hydrogen-bond donors (Lipinski definition) is 2. The molecule has 1 aromatic carbocycles. The highest BCUT2D eigenvalue weighted by atomic mass is 19.1. The third-order valence-corrected chi connectivity index (χ3v) is 3.17. The monoisotopic (exact) mass is 263 g/mol. The van der Waals surface area contributed by atoms with Crippen LogP contribution in [0.4, 0.5) is 4.39 Å². The molecule has 0 bridgehead atoms. The first kappa shape index (κ1) is 12.3. The van der Waals surface area contributed by atoms with E-state index in [-0.39, 0.29) is 18.0 Å². The summed E-state index contributed by atoms with van der Waals surface area (Å²) in [4.78, 5) is 4.30. The number of nitrogens with zero attached hydrogens (tertiary/aromatic N) is 2. The normalized spacial score (nSPS) is 22.8. The molecule has 2 N–H and O–H groups in total. The van der Waals surface area contributed by atoms with Crippen LogP contribution in [0.15, 0.2) is 28.8 Å². The molecule has 0 saturated carbocycles. The zero-order valence-electron chi connectivity index (χ0n) is 10.2. The standard InChI is InChI=1S/C13H14FN3O2/c14-9-3-1-8(2-4-9)5-12-16-13(19-17-12)11-6-10(18)7-15-11/h1-4,10-11,15,18H,5-7H2/t10-,11-/m1/s1. The Morgan fingerprint density at radius 3 is 2.84 bits per heavy atom. The molecule has 0 amide bonds. The van der Waals surface area contributed by atoms with Gasteiger partial charge >= 0.3 is 0 Å². The molecule has 100 valence electrons. The Kier molecular flexibility index (Phi) is 3.27. The number of halogens is 1. The molecule has 0 radical (unpaired) electrons. The van der Waals surface area contributed by atoms with E-state index in [4.69, 9.17) is 4.52 Å². The van der Waals surface area contributed by atoms with E-state index >= 15 is 0 Å². The molecule has 0 aliphatic carbocycles. The third-order valence-electron chi connectivity index (χ3n) is 3.17. The Morgan fingerprint density at radius 1 is 1.37 bits per heavy atom. The third kappa shape index (κ3) is 2.80. The van der Waals surface area contributed by atoms with E-state index in [9.17, 15) is 9.50 Å². The second-order valence-corrected chi connectivity index (χ2v) is 4.70. The number of hydrogen-bond acceptors (Lipinski definition) is 5. The van der Waals surface area contributed by atoms with E-state index in [1.165, 1.54) is 12.1 Å². The van der Waals surface area contributed by atoms with Gasteiger partial charge in [0.25, 0.3) is 0 Å². The van der Waals surface area contributed by atoms with Crippen LogP contribution in [-0.4, -0.2) is 27.9 Å². The Labute approximate surface area is 109 Å². The summed E-state index contributed by atoms with van der Waals surface area (Å²) < 4.78 is 18.0. The van der Waals surface area contributed by atoms with Gasteiger partial charge in [-0.2, -0.15) is 4.98 Å². The minimum Gasteiger partial charge on any atom is -0.392 e. The van der Waals surface area contributed by atoms with E-state index in [0.29, 0.717) is 31.1 Å². The first-order valence-corrected chi connectivity index (χ1v) is 6.19. The minimum atomic E-state index is -0.363. The van der Waals surface area contributed by atoms with Crippen molar-refractivity contribution in [2.45, 2.75) is 25.0 Å². The lowest BCUT2D eigenvalue weighted by Gasteiger charge is -2.01. The van der Waals surface area contributed by atoms with Crippen molar-refractivity contribution >= 4 is 0 Å². The Balaban J connectivity index is 1.69. The summed E-state index contributed by atoms with van der Waals surface area (Å²) in [6.45, 7) is 0.542. The van der Waals surface area contributed by atoms with E-state index in [0.717, 1.165) is 5.56 Å². The van der Waals surface area contributed by atoms with Crippen molar-refractivity contribution in [1.82, 2.24) is 15.5 Å². The Morgan fingerprint density at radius 2 is 2.16 bits per heavy atom. The molecular formula is C13H14FN3O2. The number of aliphatic hydroxyl groups is 1. The van der Waals surface area contributed by atoms with Crippen LogP contribution < -0.4 is 5.32 Å². The molecule has 1 aliphatic heterocycles. The fourth-order valence-corrected chi connectivity index (χ4v) is 2.17. The average molecular weight is 263 g/mol. The number of β-amino-alcohol motifs (C(OH)–C–C–N with tert-alkyl or cyclic N) is 1. The average Bonchev–Trinajstić information content (AvgIpc) is 3.01. The quantitative estimate of drug-likeness (QED) is 0.870. The summed E-state index contributed by atoms with van der Waals surface area (Å²) in [6, 6.07) is 6.13. The van der Waals surface area contributed by atoms with Crippen LogP contribution in [0.2, 0.25) is 0 Å². The summed E-state index contributed by atoms with van der Waals surface area (Å²) in [5.74, 6) is 0.792. The molecule has 2 aromatic rings. The molecule has 5 nitrogen and oxygen atoms in total. The van der Waals surface area contributed by atoms with E-state index < -0.39 is 0 Å². The largest absolute Gasteiger partial charge is 0.392 e. The topological polar surface area (TPSA) is 71.2 Å². The fourth-order valence-electron chi connectivity index (χ4n) is 2.17. The lowest BCUT2D eigenvalue weighted by Crippen LogP contribution is -2.15. The smallest absolute Gasteiger partial charge is 0.243 e. The van der Waals surface area contributed by atoms with Crippen LogP contribution in [0.1, 0.15) is 29.7 Å². The lowest BCUT2D eigenvalue weighted by molar-refractivity contribution is 0.191. The lowest BCUT2D eigenvalue weighted by atomic mass is 10.1. The van der Waals surface area contributed by atoms with Gasteiger partial charge in [-0.25, -0.2) is 4.39 Å². The molecular weight excluding hydrogens is 249 g/mol. The first-order chi connectivity index (χ1) is 9.20. The number of rotatable bonds is 3. The molecule has 0 unspecified atom stereocenters. The van der Waals surface area contributed by atoms with E-state index in [1.54, 1.807) is 12.1 Å². The number of nitrogens with one attached hydrogen (secondary N) is 1. The molecule has 19 heavy (non-hydrogen) atoms. The fraction of sp³-hybridized carbons (Fsp3) is 0.385. The van der Waals surface area contributed by atoms with Gasteiger partial charge < -0.3 is 14.9 Å². The van der Waals surface area contributed by atoms with Gasteiger partial charge in [-0.05, 0) is 24.1 Å². The van der Waals surface area contributed by atoms with Crippen LogP contribution >= 0.6 is 0 Å². The van der Waals surface area contributed by atoms with Gasteiger partial charge in [0.1, 0.15) is 5.82 Å². The van der Waals surface area contributed by atoms with Gasteiger partial charge in [0, 0.05) is 13.0 Å². The SMILES string of the molecule is O[C@H]1CN[C@@H](c2nc(Cc3ccc(F)cc3)no2)C1. The van der Waals surface area contributed by atoms with Gasteiger partial charge in [0.2, 0.25) is 5.89 Å². The van der Waals surface area contributed by atoms with Gasteiger partial charge in [-0.3, -0.25) is 0 Å². The highest BCUT2D eigenvalue weighted by molar-refractivity contribution is 5.19. The van der Waals surface area contributed by atoms with Crippen molar-refractivity contribution < 1.29 is 14.0 Å². The van der Waals surface area contributed by atoms with Crippen molar-refractivity contribution in [2.75, 3.05) is 6.54 Å². The minimum absolute atomic E-state index is 0.0792. The summed E-state index contributed by atoms with van der Waals surface area (Å²) in [7, 11) is 0. The summed E-state index contributed by atoms with van der Waals surface area (Å²) in [6.07, 6.45) is 0.717. The Bertz CT molecular complexity index is 555. The summed E-state index contributed by atoms with van der Waals surface area (Å²) in [5.41, 5.74) is 0.924. The van der Waals surface area contributed by atoms with Gasteiger partial charge in [-0.1, -0.05) is 17.3 Å². The van der Waals surface area contributed by atoms with E-state index in [1.807, 2.05) is 0 Å². The van der Waals surface area contributed by atoms with Gasteiger partial charge in [-0.15, -0.1) is 0 Å². The molecule has 1 fully saturated rings. The molecule has 1 aromatic heterocycles. The van der Waals surface area contributed by atoms with Gasteiger partial charge in [0.15, 0.2) is 5.82 Å². The van der Waals surface area contributed by atoms with Crippen LogP contribution in [0.25, 0.3) is 0 Å². The maximum absolute atomic E-state index is 12.8. The second kappa shape index (κ2) is 5.07. The summed E-state index contributed by atoms with van der Waals surface area (Å²) in [5, 5.41) is 16.5. The van der Waals surface area contributed by atoms with Crippen molar-refractivity contribution in [2.24, 2.45) is 0 Å². The predicted octanol–water partition coefficient (Wildman–Crippen LogP) is 1.19. The van der Waals surface area contributed by atoms with Crippen molar-refractivity contribution in [3.8, 4) is 0 Å². The van der Waals surface area contributed by atoms with Gasteiger partial charge in [0.05, 0.1) is 12.1 Å². The molecule has 3 rings (SSSR count). The molecule has 1 saturated heterocycles. The molecule has 1 aliphatic rings. The maximum Gasteiger partial charge on any atom is 0.243 e. The molecule has 2 heterocycles. The highest BCUT2D eigenvalue weighted by Crippen LogP contribution is 2.22. The van der Waals surface area contributed by atoms with Crippen molar-refractivity contribution in [3.05, 3.63) is 47.4 Å². The molecule has 6 heteroatoms. The van der Waals surface area contributed by atoms with Crippen molar-refractivity contribution in [3.63, 3.8) is 0 Å². The maximum atomic E-state index is 12.8. The highest BCUT2D eigenvalue weighted by Gasteiger charge is 2.27. The molecule has 0 spiro atoms. The van der Waals surface area contributed by atoms with Crippen molar-refractivity contribution in [1.29, 1.82) is 0 Å². The van der Waals surface area contributed by atoms with E-state index in [2.05, 4.69) is 15.5 Å². The second-order valence-electron chi connectivity index (χ2n) is 4.70. The number of benzene rings is 1. The number of aromatic nitrogens is 2. The van der Waals surface area contributed by atoms with Crippen LogP contribution in [0, 0.1) is 5.82 Å². The number of aliphatic hydroxyl groups excluding tert-OH is 1. The zero-order chi connectivity index (χ0) is 13.2. The zero-order valence-corrected chi connectivity index (χ0v) is 10.2. The van der Waals surface area contributed by atoms with Crippen LogP contribution in [-0.2, 0) is 6.42 Å². The predicted molar refractivity (Wildman–Crippen MR) is 64.9 cm³/mol. The van der Waals surface area contributed by atoms with Crippen LogP contribution in [0.3, 0.4) is 0 Å².